The zero-order valence-corrected chi connectivity index (χ0v) is 9.24. The van der Waals surface area contributed by atoms with Crippen molar-refractivity contribution in [2.45, 2.75) is 25.3 Å². The number of carbonyl (C=O) groups excluding carboxylic acids is 2. The van der Waals surface area contributed by atoms with Crippen LogP contribution in [0.3, 0.4) is 0 Å². The van der Waals surface area contributed by atoms with E-state index >= 15 is 0 Å². The van der Waals surface area contributed by atoms with Crippen molar-refractivity contribution in [3.05, 3.63) is 0 Å². The van der Waals surface area contributed by atoms with Crippen LogP contribution in [-0.4, -0.2) is 42.4 Å². The van der Waals surface area contributed by atoms with Gasteiger partial charge in [-0.1, -0.05) is 0 Å². The van der Waals surface area contributed by atoms with Gasteiger partial charge in [0.05, 0.1) is 6.54 Å². The monoisotopic (exact) mass is 226 g/mol. The molecule has 16 heavy (non-hydrogen) atoms. The Balaban J connectivity index is 1.86. The van der Waals surface area contributed by atoms with Crippen LogP contribution in [0.15, 0.2) is 0 Å². The summed E-state index contributed by atoms with van der Waals surface area (Å²) in [6.45, 7) is 2.07. The quantitative estimate of drug-likeness (QED) is 0.306. The summed E-state index contributed by atoms with van der Waals surface area (Å²) < 4.78 is 0. The molecule has 2 aliphatic heterocycles. The van der Waals surface area contributed by atoms with Gasteiger partial charge in [0, 0.05) is 25.6 Å². The lowest BCUT2D eigenvalue weighted by Gasteiger charge is -2.41. The van der Waals surface area contributed by atoms with Crippen LogP contribution < -0.4 is 16.6 Å². The van der Waals surface area contributed by atoms with Crippen molar-refractivity contribution >= 4 is 11.8 Å². The Bertz CT molecular complexity index is 295. The molecule has 90 valence electrons. The van der Waals surface area contributed by atoms with Crippen molar-refractivity contribution < 1.29 is 9.59 Å². The van der Waals surface area contributed by atoms with Gasteiger partial charge in [0.1, 0.15) is 0 Å². The van der Waals surface area contributed by atoms with Gasteiger partial charge >= 0.3 is 0 Å². The van der Waals surface area contributed by atoms with Gasteiger partial charge in [0.15, 0.2) is 0 Å². The van der Waals surface area contributed by atoms with Crippen LogP contribution in [0.4, 0.5) is 0 Å². The summed E-state index contributed by atoms with van der Waals surface area (Å²) in [6, 6.07) is 0.304. The average molecular weight is 226 g/mol. The molecule has 2 unspecified atom stereocenters. The van der Waals surface area contributed by atoms with Crippen LogP contribution in [0.25, 0.3) is 0 Å². The Hall–Kier alpha value is -1.14. The van der Waals surface area contributed by atoms with E-state index in [-0.39, 0.29) is 11.8 Å². The molecule has 4 N–H and O–H groups in total. The highest BCUT2D eigenvalue weighted by Crippen LogP contribution is 2.24. The highest BCUT2D eigenvalue weighted by atomic mass is 16.2. The molecule has 2 heterocycles. The maximum Gasteiger partial charge on any atom is 0.248 e. The highest BCUT2D eigenvalue weighted by Gasteiger charge is 2.33. The number of hydrazine groups is 1. The Morgan fingerprint density at radius 2 is 2.38 bits per heavy atom. The Labute approximate surface area is 94.5 Å². The number of nitrogens with two attached hydrogens (primary N) is 1. The molecule has 0 aliphatic carbocycles. The van der Waals surface area contributed by atoms with Crippen molar-refractivity contribution in [1.82, 2.24) is 15.6 Å². The summed E-state index contributed by atoms with van der Waals surface area (Å²) in [6.07, 6.45) is 2.46. The number of rotatable bonds is 2. The van der Waals surface area contributed by atoms with Gasteiger partial charge in [-0.25, -0.2) is 5.84 Å². The molecule has 0 aromatic carbocycles. The largest absolute Gasteiger partial charge is 0.353 e. The van der Waals surface area contributed by atoms with Crippen LogP contribution in [0.1, 0.15) is 19.3 Å². The predicted molar refractivity (Wildman–Crippen MR) is 58.0 cm³/mol. The summed E-state index contributed by atoms with van der Waals surface area (Å²) in [5, 5.41) is 3.02. The summed E-state index contributed by atoms with van der Waals surface area (Å²) in [5.74, 6) is 5.55. The van der Waals surface area contributed by atoms with Gasteiger partial charge in [0.25, 0.3) is 0 Å². The summed E-state index contributed by atoms with van der Waals surface area (Å²) in [7, 11) is 0. The van der Waals surface area contributed by atoms with E-state index in [1.54, 1.807) is 0 Å². The smallest absolute Gasteiger partial charge is 0.248 e. The van der Waals surface area contributed by atoms with E-state index in [1.165, 1.54) is 0 Å². The minimum Gasteiger partial charge on any atom is -0.353 e. The van der Waals surface area contributed by atoms with Crippen LogP contribution in [0.2, 0.25) is 0 Å². The highest BCUT2D eigenvalue weighted by molar-refractivity contribution is 5.78. The SMILES string of the molecule is NNC(=O)CN1CCC2NC(=O)CCC2C1. The van der Waals surface area contributed by atoms with E-state index < -0.39 is 0 Å². The first-order chi connectivity index (χ1) is 7.69. The molecule has 0 saturated carbocycles. The van der Waals surface area contributed by atoms with Gasteiger partial charge in [-0.2, -0.15) is 0 Å². The lowest BCUT2D eigenvalue weighted by atomic mass is 9.85. The second kappa shape index (κ2) is 4.80. The van der Waals surface area contributed by atoms with E-state index in [4.69, 9.17) is 5.84 Å². The maximum atomic E-state index is 11.2. The number of amides is 2. The third kappa shape index (κ3) is 2.51. The van der Waals surface area contributed by atoms with Gasteiger partial charge in [-0.3, -0.25) is 19.9 Å². The zero-order valence-electron chi connectivity index (χ0n) is 9.24. The van der Waals surface area contributed by atoms with E-state index in [0.717, 1.165) is 25.9 Å². The van der Waals surface area contributed by atoms with Crippen molar-refractivity contribution in [1.29, 1.82) is 0 Å². The third-order valence-corrected chi connectivity index (χ3v) is 3.43. The van der Waals surface area contributed by atoms with E-state index in [2.05, 4.69) is 15.6 Å². The molecule has 0 spiro atoms. The number of piperidine rings is 2. The molecule has 2 aliphatic rings. The third-order valence-electron chi connectivity index (χ3n) is 3.43. The molecule has 2 saturated heterocycles. The molecular formula is C10H18N4O2. The first-order valence-electron chi connectivity index (χ1n) is 5.70. The van der Waals surface area contributed by atoms with Crippen molar-refractivity contribution in [3.8, 4) is 0 Å². The van der Waals surface area contributed by atoms with E-state index in [0.29, 0.717) is 24.9 Å². The fourth-order valence-corrected chi connectivity index (χ4v) is 2.58. The summed E-state index contributed by atoms with van der Waals surface area (Å²) >= 11 is 0. The van der Waals surface area contributed by atoms with Crippen LogP contribution in [-0.2, 0) is 9.59 Å². The van der Waals surface area contributed by atoms with Gasteiger partial charge in [-0.15, -0.1) is 0 Å². The first-order valence-corrected chi connectivity index (χ1v) is 5.70. The first kappa shape index (κ1) is 11.3. The number of hydrogen-bond acceptors (Lipinski definition) is 4. The van der Waals surface area contributed by atoms with Gasteiger partial charge < -0.3 is 5.32 Å². The normalized spacial score (nSPS) is 30.4. The van der Waals surface area contributed by atoms with E-state index in [9.17, 15) is 9.59 Å². The average Bonchev–Trinajstić information content (AvgIpc) is 2.29. The molecule has 0 aromatic heterocycles. The zero-order chi connectivity index (χ0) is 11.5. The molecule has 0 radical (unpaired) electrons. The molecule has 2 atom stereocenters. The van der Waals surface area contributed by atoms with Gasteiger partial charge in [-0.05, 0) is 18.8 Å². The molecular weight excluding hydrogens is 208 g/mol. The minimum atomic E-state index is -0.154. The maximum absolute atomic E-state index is 11.2. The number of nitrogens with zero attached hydrogens (tertiary/aromatic N) is 1. The van der Waals surface area contributed by atoms with Gasteiger partial charge in [0.2, 0.25) is 11.8 Å². The molecule has 0 aromatic rings. The van der Waals surface area contributed by atoms with Crippen LogP contribution in [0, 0.1) is 5.92 Å². The number of carbonyl (C=O) groups is 2. The Morgan fingerprint density at radius 1 is 1.56 bits per heavy atom. The standard InChI is InChI=1S/C10H18N4O2/c11-13-10(16)6-14-4-3-8-7(5-14)1-2-9(15)12-8/h7-8H,1-6,11H2,(H,12,15)(H,13,16). The fraction of sp³-hybridized carbons (Fsp3) is 0.800. The topological polar surface area (TPSA) is 87.5 Å². The number of nitrogens with one attached hydrogen (secondary N) is 2. The van der Waals surface area contributed by atoms with Crippen LogP contribution in [0.5, 0.6) is 0 Å². The minimum absolute atomic E-state index is 0.154. The molecule has 2 amide bonds. The number of likely N-dealkylation sites (tertiary alicyclic amines) is 1. The number of hydrogen-bond donors (Lipinski definition) is 3. The lowest BCUT2D eigenvalue weighted by molar-refractivity contribution is -0.127. The molecule has 2 fully saturated rings. The lowest BCUT2D eigenvalue weighted by Crippen LogP contribution is -2.55. The molecule has 6 heteroatoms. The van der Waals surface area contributed by atoms with E-state index in [1.807, 2.05) is 0 Å². The van der Waals surface area contributed by atoms with Crippen LogP contribution >= 0.6 is 0 Å². The second-order valence-corrected chi connectivity index (χ2v) is 4.56. The fourth-order valence-electron chi connectivity index (χ4n) is 2.58. The number of fused-ring (bicyclic) bond motifs is 1. The second-order valence-electron chi connectivity index (χ2n) is 4.56. The Kier molecular flexibility index (Phi) is 3.40. The van der Waals surface area contributed by atoms with Crippen molar-refractivity contribution in [2.75, 3.05) is 19.6 Å². The Morgan fingerprint density at radius 3 is 3.12 bits per heavy atom. The van der Waals surface area contributed by atoms with Crippen molar-refractivity contribution in [3.63, 3.8) is 0 Å². The predicted octanol–water partition coefficient (Wildman–Crippen LogP) is -1.42. The molecule has 6 nitrogen and oxygen atoms in total. The molecule has 0 bridgehead atoms. The summed E-state index contributed by atoms with van der Waals surface area (Å²) in [4.78, 5) is 24.5. The summed E-state index contributed by atoms with van der Waals surface area (Å²) in [5.41, 5.74) is 2.14. The molecule has 2 rings (SSSR count). The van der Waals surface area contributed by atoms with Crippen molar-refractivity contribution in [2.24, 2.45) is 11.8 Å².